The molecule has 0 fully saturated rings. The highest BCUT2D eigenvalue weighted by Crippen LogP contribution is 2.17. The lowest BCUT2D eigenvalue weighted by Gasteiger charge is -2.07. The lowest BCUT2D eigenvalue weighted by Crippen LogP contribution is -2.15. The van der Waals surface area contributed by atoms with Crippen LogP contribution in [-0.2, 0) is 10.0 Å². The Balaban J connectivity index is 2.33. The molecule has 0 amide bonds. The van der Waals surface area contributed by atoms with Gasteiger partial charge in [0.1, 0.15) is 15.3 Å². The fourth-order valence-electron chi connectivity index (χ4n) is 1.22. The van der Waals surface area contributed by atoms with E-state index in [0.29, 0.717) is 4.60 Å². The highest BCUT2D eigenvalue weighted by Gasteiger charge is 2.18. The molecule has 0 saturated heterocycles. The van der Waals surface area contributed by atoms with Crippen molar-refractivity contribution in [1.82, 2.24) is 9.97 Å². The maximum absolute atomic E-state index is 13.4. The molecule has 1 aromatic carbocycles. The van der Waals surface area contributed by atoms with Crippen molar-refractivity contribution < 1.29 is 12.8 Å². The molecule has 0 radical (unpaired) electrons. The average molecular weight is 332 g/mol. The van der Waals surface area contributed by atoms with Crippen molar-refractivity contribution in [2.45, 2.75) is 4.90 Å². The topological polar surface area (TPSA) is 72.0 Å². The van der Waals surface area contributed by atoms with Crippen molar-refractivity contribution in [2.24, 2.45) is 0 Å². The Morgan fingerprint density at radius 1 is 1.17 bits per heavy atom. The average Bonchev–Trinajstić information content (AvgIpc) is 2.32. The van der Waals surface area contributed by atoms with Gasteiger partial charge in [-0.1, -0.05) is 12.1 Å². The first-order valence-corrected chi connectivity index (χ1v) is 7.01. The minimum atomic E-state index is -4.00. The summed E-state index contributed by atoms with van der Waals surface area (Å²) < 4.78 is 39.8. The van der Waals surface area contributed by atoms with Crippen molar-refractivity contribution in [3.05, 3.63) is 47.1 Å². The van der Waals surface area contributed by atoms with Gasteiger partial charge in [-0.2, -0.15) is 0 Å². The van der Waals surface area contributed by atoms with Crippen LogP contribution in [0.5, 0.6) is 0 Å². The van der Waals surface area contributed by atoms with Crippen LogP contribution < -0.4 is 4.72 Å². The van der Waals surface area contributed by atoms with Gasteiger partial charge in [-0.05, 0) is 28.1 Å². The first-order valence-electron chi connectivity index (χ1n) is 4.74. The molecule has 0 bridgehead atoms. The minimum absolute atomic E-state index is 0.0152. The second kappa shape index (κ2) is 4.99. The molecular weight excluding hydrogens is 325 g/mol. The first kappa shape index (κ1) is 12.9. The van der Waals surface area contributed by atoms with Gasteiger partial charge in [-0.25, -0.2) is 22.8 Å². The van der Waals surface area contributed by atoms with Crippen molar-refractivity contribution in [1.29, 1.82) is 0 Å². The second-order valence-electron chi connectivity index (χ2n) is 3.26. The standard InChI is InChI=1S/C10H7BrFN3O2S/c11-9-5-14-10(6-13-9)15-18(16,17)8-4-2-1-3-7(8)12/h1-6H,(H,14,15). The van der Waals surface area contributed by atoms with Gasteiger partial charge >= 0.3 is 0 Å². The number of hydrogen-bond donors (Lipinski definition) is 1. The van der Waals surface area contributed by atoms with Crippen LogP contribution >= 0.6 is 15.9 Å². The summed E-state index contributed by atoms with van der Waals surface area (Å²) >= 11 is 3.07. The zero-order valence-electron chi connectivity index (χ0n) is 8.84. The van der Waals surface area contributed by atoms with E-state index in [1.807, 2.05) is 0 Å². The molecule has 0 spiro atoms. The van der Waals surface area contributed by atoms with Gasteiger partial charge in [0, 0.05) is 0 Å². The van der Waals surface area contributed by atoms with Gasteiger partial charge in [0.25, 0.3) is 10.0 Å². The molecule has 0 unspecified atom stereocenters. The number of hydrogen-bond acceptors (Lipinski definition) is 4. The van der Waals surface area contributed by atoms with E-state index in [1.54, 1.807) is 0 Å². The minimum Gasteiger partial charge on any atom is -0.262 e. The Hall–Kier alpha value is -1.54. The monoisotopic (exact) mass is 331 g/mol. The maximum atomic E-state index is 13.4. The summed E-state index contributed by atoms with van der Waals surface area (Å²) in [5.41, 5.74) is 0. The van der Waals surface area contributed by atoms with E-state index < -0.39 is 20.7 Å². The van der Waals surface area contributed by atoms with Gasteiger partial charge < -0.3 is 0 Å². The number of anilines is 1. The maximum Gasteiger partial charge on any atom is 0.266 e. The summed E-state index contributed by atoms with van der Waals surface area (Å²) in [6.45, 7) is 0. The Bertz CT molecular complexity index is 661. The fraction of sp³-hybridized carbons (Fsp3) is 0. The lowest BCUT2D eigenvalue weighted by molar-refractivity contribution is 0.570. The highest BCUT2D eigenvalue weighted by atomic mass is 79.9. The summed E-state index contributed by atoms with van der Waals surface area (Å²) in [5.74, 6) is -0.809. The Labute approximate surface area is 111 Å². The molecule has 2 aromatic rings. The quantitative estimate of drug-likeness (QED) is 0.935. The number of nitrogens with one attached hydrogen (secondary N) is 1. The number of aromatic nitrogens is 2. The number of rotatable bonds is 3. The van der Waals surface area contributed by atoms with Gasteiger partial charge in [0.2, 0.25) is 0 Å². The molecule has 1 N–H and O–H groups in total. The Kier molecular flexibility index (Phi) is 3.58. The molecule has 1 heterocycles. The molecule has 8 heteroatoms. The second-order valence-corrected chi connectivity index (χ2v) is 5.72. The van der Waals surface area contributed by atoms with Crippen molar-refractivity contribution >= 4 is 31.8 Å². The lowest BCUT2D eigenvalue weighted by atomic mass is 10.4. The zero-order chi connectivity index (χ0) is 13.2. The van der Waals surface area contributed by atoms with Gasteiger partial charge in [-0.3, -0.25) is 4.72 Å². The van der Waals surface area contributed by atoms with E-state index in [-0.39, 0.29) is 5.82 Å². The number of sulfonamides is 1. The van der Waals surface area contributed by atoms with Crippen molar-refractivity contribution in [3.8, 4) is 0 Å². The van der Waals surface area contributed by atoms with Crippen LogP contribution in [0, 0.1) is 5.82 Å². The summed E-state index contributed by atoms with van der Waals surface area (Å²) in [4.78, 5) is 7.17. The largest absolute Gasteiger partial charge is 0.266 e. The highest BCUT2D eigenvalue weighted by molar-refractivity contribution is 9.10. The molecule has 0 aliphatic heterocycles. The van der Waals surface area contributed by atoms with Crippen LogP contribution in [0.3, 0.4) is 0 Å². The van der Waals surface area contributed by atoms with Crippen LogP contribution in [0.25, 0.3) is 0 Å². The van der Waals surface area contributed by atoms with E-state index in [2.05, 4.69) is 30.6 Å². The normalized spacial score (nSPS) is 11.2. The molecule has 0 aliphatic carbocycles. The Morgan fingerprint density at radius 3 is 2.50 bits per heavy atom. The molecule has 2 rings (SSSR count). The van der Waals surface area contributed by atoms with Crippen molar-refractivity contribution in [3.63, 3.8) is 0 Å². The number of benzene rings is 1. The van der Waals surface area contributed by atoms with Crippen LogP contribution in [-0.4, -0.2) is 18.4 Å². The molecule has 0 atom stereocenters. The molecule has 18 heavy (non-hydrogen) atoms. The molecule has 0 aliphatic rings. The van der Waals surface area contributed by atoms with Crippen LogP contribution in [0.15, 0.2) is 46.2 Å². The van der Waals surface area contributed by atoms with Crippen LogP contribution in [0.1, 0.15) is 0 Å². The van der Waals surface area contributed by atoms with E-state index >= 15 is 0 Å². The summed E-state index contributed by atoms with van der Waals surface area (Å²) in [6, 6.07) is 5.09. The predicted molar refractivity (Wildman–Crippen MR) is 66.9 cm³/mol. The van der Waals surface area contributed by atoms with E-state index in [9.17, 15) is 12.8 Å². The molecule has 0 saturated carbocycles. The predicted octanol–water partition coefficient (Wildman–Crippen LogP) is 2.18. The SMILES string of the molecule is O=S(=O)(Nc1cnc(Br)cn1)c1ccccc1F. The van der Waals surface area contributed by atoms with E-state index in [4.69, 9.17) is 0 Å². The third-order valence-corrected chi connectivity index (χ3v) is 3.78. The first-order chi connectivity index (χ1) is 8.49. The van der Waals surface area contributed by atoms with Gasteiger partial charge in [0.05, 0.1) is 12.4 Å². The summed E-state index contributed by atoms with van der Waals surface area (Å²) in [5, 5.41) is 0. The number of nitrogens with zero attached hydrogens (tertiary/aromatic N) is 2. The van der Waals surface area contributed by atoms with Crippen LogP contribution in [0.4, 0.5) is 10.2 Å². The van der Waals surface area contributed by atoms with Gasteiger partial charge in [0.15, 0.2) is 5.82 Å². The zero-order valence-corrected chi connectivity index (χ0v) is 11.2. The molecule has 1 aromatic heterocycles. The van der Waals surface area contributed by atoms with E-state index in [0.717, 1.165) is 6.07 Å². The summed E-state index contributed by atoms with van der Waals surface area (Å²) in [6.07, 6.45) is 2.56. The summed E-state index contributed by atoms with van der Waals surface area (Å²) in [7, 11) is -4.00. The molecule has 5 nitrogen and oxygen atoms in total. The number of halogens is 2. The molecule has 94 valence electrons. The van der Waals surface area contributed by atoms with Crippen molar-refractivity contribution in [2.75, 3.05) is 4.72 Å². The third kappa shape index (κ3) is 2.82. The fourth-order valence-corrected chi connectivity index (χ4v) is 2.50. The molecular formula is C10H7BrFN3O2S. The van der Waals surface area contributed by atoms with Crippen LogP contribution in [0.2, 0.25) is 0 Å². The smallest absolute Gasteiger partial charge is 0.262 e. The van der Waals surface area contributed by atoms with E-state index in [1.165, 1.54) is 30.6 Å². The third-order valence-electron chi connectivity index (χ3n) is 1.99. The Morgan fingerprint density at radius 2 is 1.89 bits per heavy atom. The van der Waals surface area contributed by atoms with Gasteiger partial charge in [-0.15, -0.1) is 0 Å².